The van der Waals surface area contributed by atoms with Crippen LogP contribution in [0.25, 0.3) is 0 Å². The maximum atomic E-state index is 11.1. The van der Waals surface area contributed by atoms with Gasteiger partial charge in [0.1, 0.15) is 11.6 Å². The van der Waals surface area contributed by atoms with Gasteiger partial charge in [-0.3, -0.25) is 14.4 Å². The summed E-state index contributed by atoms with van der Waals surface area (Å²) in [6, 6.07) is 0. The number of fused-ring (bicyclic) bond motifs is 1. The fraction of sp³-hybridized carbons (Fsp3) is 0.700. The number of carboxylic acid groups (broad SMARTS) is 2. The monoisotopic (exact) mass is 243 g/mol. The third-order valence-electron chi connectivity index (χ3n) is 3.64. The van der Waals surface area contributed by atoms with Crippen LogP contribution in [0.5, 0.6) is 0 Å². The number of carbonyl (C=O) groups is 3. The van der Waals surface area contributed by atoms with E-state index in [1.165, 1.54) is 6.92 Å². The van der Waals surface area contributed by atoms with Crippen LogP contribution in [0.2, 0.25) is 0 Å². The molecule has 5 atom stereocenters. The fourth-order valence-electron chi connectivity index (χ4n) is 2.95. The summed E-state index contributed by atoms with van der Waals surface area (Å²) < 4.78 is 4.95. The van der Waals surface area contributed by atoms with Crippen molar-refractivity contribution in [2.75, 3.05) is 0 Å². The Morgan fingerprint density at radius 1 is 1.35 bits per heavy atom. The molecular weight excluding hydrogens is 230 g/mol. The second-order valence-corrected chi connectivity index (χ2v) is 4.66. The molecule has 0 aliphatic heterocycles. The first-order valence-corrected chi connectivity index (χ1v) is 5.21. The standard InChI is InChI=1S/C10H13NO6/c1-3(12)17-4-2-10(11,9(15)16)7-5(4)6(7)8(13)14/h4-7H,2,11H2,1H3,(H,13,14)(H,15,16)/t4-,5-,6-,7-,10-/m0/s1. The molecule has 0 radical (unpaired) electrons. The molecule has 0 spiro atoms. The van der Waals surface area contributed by atoms with Gasteiger partial charge >= 0.3 is 17.9 Å². The first kappa shape index (κ1) is 11.8. The van der Waals surface area contributed by atoms with Crippen LogP contribution in [0.1, 0.15) is 13.3 Å². The Hall–Kier alpha value is -1.63. The lowest BCUT2D eigenvalue weighted by Crippen LogP contribution is -2.50. The van der Waals surface area contributed by atoms with Gasteiger partial charge in [-0.15, -0.1) is 0 Å². The molecule has 17 heavy (non-hydrogen) atoms. The van der Waals surface area contributed by atoms with E-state index in [-0.39, 0.29) is 6.42 Å². The fourth-order valence-corrected chi connectivity index (χ4v) is 2.95. The zero-order chi connectivity index (χ0) is 13.0. The molecule has 0 aromatic rings. The number of hydrogen-bond donors (Lipinski definition) is 3. The minimum Gasteiger partial charge on any atom is -0.481 e. The van der Waals surface area contributed by atoms with E-state index in [9.17, 15) is 14.4 Å². The number of esters is 1. The Bertz CT molecular complexity index is 408. The molecule has 0 unspecified atom stereocenters. The lowest BCUT2D eigenvalue weighted by atomic mass is 9.91. The molecule has 0 saturated heterocycles. The summed E-state index contributed by atoms with van der Waals surface area (Å²) >= 11 is 0. The van der Waals surface area contributed by atoms with E-state index in [2.05, 4.69) is 0 Å². The molecule has 2 aliphatic carbocycles. The number of carboxylic acids is 2. The third kappa shape index (κ3) is 1.57. The number of rotatable bonds is 3. The minimum absolute atomic E-state index is 0.0268. The molecule has 0 bridgehead atoms. The van der Waals surface area contributed by atoms with Gasteiger partial charge in [0.05, 0.1) is 5.92 Å². The molecule has 4 N–H and O–H groups in total. The van der Waals surface area contributed by atoms with Crippen LogP contribution >= 0.6 is 0 Å². The molecular formula is C10H13NO6. The highest BCUT2D eigenvalue weighted by Gasteiger charge is 2.75. The predicted molar refractivity (Wildman–Crippen MR) is 52.8 cm³/mol. The highest BCUT2D eigenvalue weighted by atomic mass is 16.5. The maximum absolute atomic E-state index is 11.1. The topological polar surface area (TPSA) is 127 Å². The van der Waals surface area contributed by atoms with Gasteiger partial charge in [0.15, 0.2) is 0 Å². The second-order valence-electron chi connectivity index (χ2n) is 4.66. The van der Waals surface area contributed by atoms with Gasteiger partial charge in [0, 0.05) is 25.2 Å². The molecule has 2 aliphatic rings. The van der Waals surface area contributed by atoms with Crippen molar-refractivity contribution in [3.63, 3.8) is 0 Å². The molecule has 94 valence electrons. The van der Waals surface area contributed by atoms with E-state index in [4.69, 9.17) is 20.7 Å². The summed E-state index contributed by atoms with van der Waals surface area (Å²) in [4.78, 5) is 32.9. The normalized spacial score (nSPS) is 42.7. The van der Waals surface area contributed by atoms with Crippen LogP contribution in [0, 0.1) is 17.8 Å². The van der Waals surface area contributed by atoms with Crippen molar-refractivity contribution >= 4 is 17.9 Å². The molecule has 0 heterocycles. The summed E-state index contributed by atoms with van der Waals surface area (Å²) in [6.07, 6.45) is -0.735. The van der Waals surface area contributed by atoms with Gasteiger partial charge in [-0.25, -0.2) is 0 Å². The molecule has 0 aromatic carbocycles. The lowest BCUT2D eigenvalue weighted by Gasteiger charge is -2.24. The van der Waals surface area contributed by atoms with Gasteiger partial charge in [-0.05, 0) is 0 Å². The first-order chi connectivity index (χ1) is 7.79. The van der Waals surface area contributed by atoms with Crippen LogP contribution in [0.4, 0.5) is 0 Å². The summed E-state index contributed by atoms with van der Waals surface area (Å²) in [5.41, 5.74) is 4.12. The largest absolute Gasteiger partial charge is 0.481 e. The van der Waals surface area contributed by atoms with Gasteiger partial charge in [0.25, 0.3) is 0 Å². The Balaban J connectivity index is 2.23. The van der Waals surface area contributed by atoms with Gasteiger partial charge < -0.3 is 20.7 Å². The number of aliphatic carboxylic acids is 2. The zero-order valence-electron chi connectivity index (χ0n) is 9.12. The van der Waals surface area contributed by atoms with Crippen LogP contribution < -0.4 is 5.73 Å². The highest BCUT2D eigenvalue weighted by Crippen LogP contribution is 2.62. The Kier molecular flexibility index (Phi) is 2.39. The lowest BCUT2D eigenvalue weighted by molar-refractivity contribution is -0.153. The van der Waals surface area contributed by atoms with E-state index in [1.54, 1.807) is 0 Å². The van der Waals surface area contributed by atoms with E-state index >= 15 is 0 Å². The summed E-state index contributed by atoms with van der Waals surface area (Å²) in [6.45, 7) is 1.20. The van der Waals surface area contributed by atoms with Crippen LogP contribution in [0.15, 0.2) is 0 Å². The number of nitrogens with two attached hydrogens (primary N) is 1. The molecule has 7 heteroatoms. The molecule has 0 amide bonds. The van der Waals surface area contributed by atoms with Crippen molar-refractivity contribution in [3.05, 3.63) is 0 Å². The Morgan fingerprint density at radius 3 is 2.35 bits per heavy atom. The predicted octanol–water partition coefficient (Wildman–Crippen LogP) is -0.949. The zero-order valence-corrected chi connectivity index (χ0v) is 9.12. The van der Waals surface area contributed by atoms with Crippen molar-refractivity contribution in [2.24, 2.45) is 23.5 Å². The van der Waals surface area contributed by atoms with Gasteiger partial charge in [0.2, 0.25) is 0 Å². The number of carbonyl (C=O) groups excluding carboxylic acids is 1. The van der Waals surface area contributed by atoms with Gasteiger partial charge in [-0.1, -0.05) is 0 Å². The van der Waals surface area contributed by atoms with Crippen LogP contribution in [0.3, 0.4) is 0 Å². The molecule has 2 rings (SSSR count). The number of ether oxygens (including phenoxy) is 1. The summed E-state index contributed by atoms with van der Waals surface area (Å²) in [7, 11) is 0. The molecule has 7 nitrogen and oxygen atoms in total. The number of hydrogen-bond acceptors (Lipinski definition) is 5. The van der Waals surface area contributed by atoms with Crippen molar-refractivity contribution in [3.8, 4) is 0 Å². The SMILES string of the molecule is CC(=O)O[C@H]1C[C@@](N)(C(=O)O)[C@@H]2[C@@H](C(=O)O)[C@@H]21. The van der Waals surface area contributed by atoms with Crippen molar-refractivity contribution in [1.82, 2.24) is 0 Å². The van der Waals surface area contributed by atoms with Crippen molar-refractivity contribution in [1.29, 1.82) is 0 Å². The average molecular weight is 243 g/mol. The van der Waals surface area contributed by atoms with E-state index < -0.39 is 47.3 Å². The van der Waals surface area contributed by atoms with E-state index in [0.717, 1.165) is 0 Å². The smallest absolute Gasteiger partial charge is 0.324 e. The van der Waals surface area contributed by atoms with Gasteiger partial charge in [-0.2, -0.15) is 0 Å². The molecule has 2 saturated carbocycles. The van der Waals surface area contributed by atoms with Crippen LogP contribution in [-0.2, 0) is 19.1 Å². The van der Waals surface area contributed by atoms with Crippen molar-refractivity contribution < 1.29 is 29.3 Å². The first-order valence-electron chi connectivity index (χ1n) is 5.21. The van der Waals surface area contributed by atoms with E-state index in [1.807, 2.05) is 0 Å². The van der Waals surface area contributed by atoms with Crippen molar-refractivity contribution in [2.45, 2.75) is 25.0 Å². The quantitative estimate of drug-likeness (QED) is 0.545. The molecule has 2 fully saturated rings. The maximum Gasteiger partial charge on any atom is 0.324 e. The average Bonchev–Trinajstić information content (AvgIpc) is 2.84. The summed E-state index contributed by atoms with van der Waals surface area (Å²) in [5, 5.41) is 18.0. The minimum atomic E-state index is -1.60. The van der Waals surface area contributed by atoms with E-state index in [0.29, 0.717) is 0 Å². The highest BCUT2D eigenvalue weighted by molar-refractivity contribution is 5.85. The second kappa shape index (κ2) is 3.43. The summed E-state index contributed by atoms with van der Waals surface area (Å²) in [5.74, 6) is -4.84. The Labute approximate surface area is 96.5 Å². The molecule has 0 aromatic heterocycles. The Morgan fingerprint density at radius 2 is 1.94 bits per heavy atom. The van der Waals surface area contributed by atoms with Crippen LogP contribution in [-0.4, -0.2) is 39.8 Å². The third-order valence-corrected chi connectivity index (χ3v) is 3.64.